The van der Waals surface area contributed by atoms with Gasteiger partial charge in [0, 0.05) is 23.2 Å². The molecule has 3 aliphatic heterocycles. The lowest BCUT2D eigenvalue weighted by Gasteiger charge is -2.33. The number of Topliss-reactive ketones (excluding diaryl/α,β-unsaturated/α-hetero) is 1. The lowest BCUT2D eigenvalue weighted by Crippen LogP contribution is -2.47. The van der Waals surface area contributed by atoms with Gasteiger partial charge in [0.05, 0.1) is 16.1 Å². The Kier molecular flexibility index (Phi) is 3.26. The van der Waals surface area contributed by atoms with Crippen LogP contribution in [0.5, 0.6) is 0 Å². The van der Waals surface area contributed by atoms with Gasteiger partial charge in [-0.3, -0.25) is 4.79 Å². The molecule has 1 aromatic carbocycles. The molecule has 3 aliphatic rings. The molecule has 0 N–H and O–H groups in total. The first-order valence-corrected chi connectivity index (χ1v) is 11.0. The van der Waals surface area contributed by atoms with Gasteiger partial charge in [-0.2, -0.15) is 11.8 Å². The molecule has 2 fully saturated rings. The molecular formula is C13H10I2O3S2. The summed E-state index contributed by atoms with van der Waals surface area (Å²) >= 11 is 5.90. The maximum atomic E-state index is 13.0. The van der Waals surface area contributed by atoms with Crippen LogP contribution >= 0.6 is 56.9 Å². The van der Waals surface area contributed by atoms with Crippen LogP contribution in [0.4, 0.5) is 0 Å². The number of halogens is 2. The second-order valence-electron chi connectivity index (χ2n) is 5.45. The molecule has 0 radical (unpaired) electrons. The number of benzene rings is 1. The van der Waals surface area contributed by atoms with Crippen molar-refractivity contribution in [2.24, 2.45) is 5.92 Å². The van der Waals surface area contributed by atoms with Crippen molar-refractivity contribution in [3.63, 3.8) is 0 Å². The Hall–Kier alpha value is 0.650. The number of rotatable bonds is 0. The van der Waals surface area contributed by atoms with E-state index in [9.17, 15) is 13.2 Å². The van der Waals surface area contributed by atoms with Crippen LogP contribution in [0.2, 0.25) is 0 Å². The zero-order chi connectivity index (χ0) is 14.2. The maximum Gasteiger partial charge on any atom is 0.184 e. The number of ketones is 1. The molecule has 0 amide bonds. The van der Waals surface area contributed by atoms with Crippen LogP contribution in [0.3, 0.4) is 0 Å². The molecule has 0 spiro atoms. The average Bonchev–Trinajstić information content (AvgIpc) is 2.95. The van der Waals surface area contributed by atoms with Crippen LogP contribution in [-0.2, 0) is 9.84 Å². The van der Waals surface area contributed by atoms with Crippen LogP contribution in [0, 0.1) is 13.1 Å². The number of carbonyl (C=O) groups excluding carboxylic acids is 1. The molecule has 0 aromatic heterocycles. The van der Waals surface area contributed by atoms with Crippen LogP contribution in [-0.4, -0.2) is 30.0 Å². The monoisotopic (exact) mass is 532 g/mol. The fourth-order valence-corrected chi connectivity index (χ4v) is 11.3. The largest absolute Gasteiger partial charge is 0.294 e. The quantitative estimate of drug-likeness (QED) is 0.483. The summed E-state index contributed by atoms with van der Waals surface area (Å²) in [5, 5.41) is -0.169. The Morgan fingerprint density at radius 3 is 2.60 bits per heavy atom. The smallest absolute Gasteiger partial charge is 0.184 e. The molecule has 4 atom stereocenters. The van der Waals surface area contributed by atoms with Crippen molar-refractivity contribution in [1.82, 2.24) is 0 Å². The number of hydrogen-bond donors (Lipinski definition) is 0. The molecule has 3 nitrogen and oxygen atoms in total. The molecule has 4 unspecified atom stereocenters. The molecule has 0 saturated carbocycles. The first-order valence-electron chi connectivity index (χ1n) is 6.34. The van der Waals surface area contributed by atoms with Gasteiger partial charge in [0.2, 0.25) is 0 Å². The van der Waals surface area contributed by atoms with Crippen molar-refractivity contribution in [3.8, 4) is 0 Å². The van der Waals surface area contributed by atoms with Gasteiger partial charge in [-0.05, 0) is 70.2 Å². The summed E-state index contributed by atoms with van der Waals surface area (Å²) in [6, 6.07) is 3.58. The summed E-state index contributed by atoms with van der Waals surface area (Å²) in [6.07, 6.45) is 1.91. The van der Waals surface area contributed by atoms with Gasteiger partial charge in [-0.1, -0.05) is 0 Å². The third-order valence-corrected chi connectivity index (χ3v) is 10.5. The highest BCUT2D eigenvalue weighted by Crippen LogP contribution is 2.56. The topological polar surface area (TPSA) is 51.2 Å². The minimum absolute atomic E-state index is 0.0518. The molecular weight excluding hydrogens is 522 g/mol. The van der Waals surface area contributed by atoms with Crippen molar-refractivity contribution in [2.75, 3.05) is 0 Å². The molecule has 3 heterocycles. The molecule has 2 saturated heterocycles. The van der Waals surface area contributed by atoms with Crippen molar-refractivity contribution in [1.29, 1.82) is 0 Å². The highest BCUT2D eigenvalue weighted by atomic mass is 127. The SMILES string of the molecule is O=C1c2cc(I)cc(I)c2S(=O)(=O)C2C3CCC(S3)C12. The van der Waals surface area contributed by atoms with Gasteiger partial charge >= 0.3 is 0 Å². The number of hydrogen-bond acceptors (Lipinski definition) is 4. The van der Waals surface area contributed by atoms with E-state index in [2.05, 4.69) is 22.6 Å². The lowest BCUT2D eigenvalue weighted by atomic mass is 9.83. The Morgan fingerprint density at radius 1 is 1.15 bits per heavy atom. The van der Waals surface area contributed by atoms with Gasteiger partial charge in [-0.25, -0.2) is 8.42 Å². The Morgan fingerprint density at radius 2 is 1.85 bits per heavy atom. The van der Waals surface area contributed by atoms with Crippen LogP contribution in [0.15, 0.2) is 17.0 Å². The third kappa shape index (κ3) is 1.75. The van der Waals surface area contributed by atoms with Gasteiger partial charge in [0.25, 0.3) is 0 Å². The summed E-state index contributed by atoms with van der Waals surface area (Å²) in [4.78, 5) is 13.1. The maximum absolute atomic E-state index is 13.0. The van der Waals surface area contributed by atoms with E-state index in [1.165, 1.54) is 0 Å². The summed E-state index contributed by atoms with van der Waals surface area (Å²) in [6.45, 7) is 0. The number of sulfone groups is 1. The van der Waals surface area contributed by atoms with Crippen molar-refractivity contribution in [3.05, 3.63) is 24.8 Å². The highest BCUT2D eigenvalue weighted by molar-refractivity contribution is 14.1. The van der Waals surface area contributed by atoms with E-state index in [1.807, 2.05) is 28.7 Å². The average molecular weight is 532 g/mol. The zero-order valence-electron chi connectivity index (χ0n) is 10.2. The molecule has 106 valence electrons. The Bertz CT molecular complexity index is 744. The van der Waals surface area contributed by atoms with Crippen molar-refractivity contribution in [2.45, 2.75) is 33.5 Å². The number of fused-ring (bicyclic) bond motifs is 6. The molecule has 2 bridgehead atoms. The van der Waals surface area contributed by atoms with E-state index < -0.39 is 15.1 Å². The van der Waals surface area contributed by atoms with Gasteiger partial charge in [-0.15, -0.1) is 0 Å². The second-order valence-corrected chi connectivity index (χ2v) is 11.4. The summed E-state index contributed by atoms with van der Waals surface area (Å²) < 4.78 is 27.6. The van der Waals surface area contributed by atoms with E-state index in [4.69, 9.17) is 0 Å². The molecule has 1 aromatic rings. The van der Waals surface area contributed by atoms with Crippen LogP contribution < -0.4 is 0 Å². The Balaban J connectivity index is 2.03. The number of carbonyl (C=O) groups is 1. The normalized spacial score (nSPS) is 36.8. The number of thioether (sulfide) groups is 1. The highest BCUT2D eigenvalue weighted by Gasteiger charge is 2.60. The van der Waals surface area contributed by atoms with Crippen molar-refractivity contribution >= 4 is 72.6 Å². The summed E-state index contributed by atoms with van der Waals surface area (Å²) in [7, 11) is -3.38. The first kappa shape index (κ1) is 14.3. The van der Waals surface area contributed by atoms with E-state index in [1.54, 1.807) is 17.8 Å². The fourth-order valence-electron chi connectivity index (χ4n) is 3.70. The lowest BCUT2D eigenvalue weighted by molar-refractivity contribution is 0.0898. The molecule has 0 aliphatic carbocycles. The predicted molar refractivity (Wildman–Crippen MR) is 95.1 cm³/mol. The van der Waals surface area contributed by atoms with Crippen molar-refractivity contribution < 1.29 is 13.2 Å². The van der Waals surface area contributed by atoms with Gasteiger partial charge in [0.15, 0.2) is 15.6 Å². The van der Waals surface area contributed by atoms with E-state index in [0.717, 1.165) is 16.4 Å². The Labute approximate surface area is 148 Å². The van der Waals surface area contributed by atoms with E-state index in [-0.39, 0.29) is 27.1 Å². The minimum Gasteiger partial charge on any atom is -0.294 e. The predicted octanol–water partition coefficient (Wildman–Crippen LogP) is 3.13. The second kappa shape index (κ2) is 4.58. The van der Waals surface area contributed by atoms with Crippen LogP contribution in [0.25, 0.3) is 0 Å². The minimum atomic E-state index is -3.38. The standard InChI is InChI=1S/C13H10I2O3S2/c14-5-3-6-11(16)10-8-1-2-9(19-8)13(10)20(17,18)12(6)7(15)4-5/h3-4,8-10,13H,1-2H2. The molecule has 20 heavy (non-hydrogen) atoms. The van der Waals surface area contributed by atoms with Gasteiger partial charge < -0.3 is 0 Å². The fraction of sp³-hybridized carbons (Fsp3) is 0.462. The molecule has 4 rings (SSSR count). The van der Waals surface area contributed by atoms with E-state index >= 15 is 0 Å². The van der Waals surface area contributed by atoms with E-state index in [0.29, 0.717) is 9.13 Å². The summed E-state index contributed by atoms with van der Waals surface area (Å²) in [5.74, 6) is -0.263. The zero-order valence-corrected chi connectivity index (χ0v) is 16.1. The van der Waals surface area contributed by atoms with Crippen LogP contribution in [0.1, 0.15) is 23.2 Å². The third-order valence-electron chi connectivity index (χ3n) is 4.43. The molecule has 7 heteroatoms. The summed E-state index contributed by atoms with van der Waals surface area (Å²) in [5.41, 5.74) is 0.427. The first-order chi connectivity index (χ1) is 9.41. The van der Waals surface area contributed by atoms with Gasteiger partial charge in [0.1, 0.15) is 0 Å².